The van der Waals surface area contributed by atoms with Gasteiger partial charge in [-0.25, -0.2) is 0 Å². The SMILES string of the molecule is CCOC(=O)C1CC1(C(=O)OCC)c1ccc(Cl)cc1. The van der Waals surface area contributed by atoms with E-state index in [1.807, 2.05) is 0 Å². The van der Waals surface area contributed by atoms with Crippen LogP contribution >= 0.6 is 11.6 Å². The number of ether oxygens (including phenoxy) is 2. The fourth-order valence-corrected chi connectivity index (χ4v) is 2.59. The highest BCUT2D eigenvalue weighted by atomic mass is 35.5. The number of rotatable bonds is 5. The third kappa shape index (κ3) is 2.52. The molecule has 108 valence electrons. The minimum atomic E-state index is -0.910. The van der Waals surface area contributed by atoms with E-state index in [2.05, 4.69) is 0 Å². The molecule has 2 rings (SSSR count). The lowest BCUT2D eigenvalue weighted by atomic mass is 9.93. The van der Waals surface area contributed by atoms with Crippen LogP contribution in [0.2, 0.25) is 5.02 Å². The van der Waals surface area contributed by atoms with Crippen LogP contribution in [-0.2, 0) is 24.5 Å². The Morgan fingerprint density at radius 3 is 2.35 bits per heavy atom. The molecule has 20 heavy (non-hydrogen) atoms. The summed E-state index contributed by atoms with van der Waals surface area (Å²) in [6, 6.07) is 6.94. The van der Waals surface area contributed by atoms with E-state index in [1.165, 1.54) is 0 Å². The first kappa shape index (κ1) is 14.9. The Labute approximate surface area is 123 Å². The summed E-state index contributed by atoms with van der Waals surface area (Å²) < 4.78 is 10.2. The first-order chi connectivity index (χ1) is 9.56. The zero-order valence-corrected chi connectivity index (χ0v) is 12.3. The van der Waals surface area contributed by atoms with Crippen molar-refractivity contribution in [1.29, 1.82) is 0 Å². The first-order valence-corrected chi connectivity index (χ1v) is 7.04. The van der Waals surface area contributed by atoms with Gasteiger partial charge in [0.25, 0.3) is 0 Å². The average Bonchev–Trinajstić information content (AvgIpc) is 3.17. The normalized spacial score (nSPS) is 24.1. The second kappa shape index (κ2) is 5.83. The Morgan fingerprint density at radius 1 is 1.20 bits per heavy atom. The van der Waals surface area contributed by atoms with E-state index in [-0.39, 0.29) is 18.5 Å². The molecule has 0 bridgehead atoms. The summed E-state index contributed by atoms with van der Waals surface area (Å²) >= 11 is 5.86. The second-order valence-electron chi connectivity index (χ2n) is 4.71. The van der Waals surface area contributed by atoms with Crippen LogP contribution < -0.4 is 0 Å². The second-order valence-corrected chi connectivity index (χ2v) is 5.14. The minimum absolute atomic E-state index is 0.281. The Hall–Kier alpha value is -1.55. The standard InChI is InChI=1S/C15H17ClO4/c1-3-19-13(17)12-9-15(12,14(18)20-4-2)10-5-7-11(16)8-6-10/h5-8,12H,3-4,9H2,1-2H3. The maximum atomic E-state index is 12.3. The molecule has 4 nitrogen and oxygen atoms in total. The van der Waals surface area contributed by atoms with Gasteiger partial charge in [-0.15, -0.1) is 0 Å². The predicted octanol–water partition coefficient (Wildman–Crippen LogP) is 2.72. The molecule has 0 heterocycles. The molecule has 2 atom stereocenters. The summed E-state index contributed by atoms with van der Waals surface area (Å²) in [6.45, 7) is 4.07. The third-order valence-corrected chi connectivity index (χ3v) is 3.78. The fourth-order valence-electron chi connectivity index (χ4n) is 2.46. The number of esters is 2. The van der Waals surface area contributed by atoms with Crippen LogP contribution in [0.4, 0.5) is 0 Å². The van der Waals surface area contributed by atoms with E-state index in [4.69, 9.17) is 21.1 Å². The summed E-state index contributed by atoms with van der Waals surface area (Å²) in [6.07, 6.45) is 0.423. The molecule has 0 N–H and O–H groups in total. The van der Waals surface area contributed by atoms with Gasteiger partial charge in [0, 0.05) is 5.02 Å². The largest absolute Gasteiger partial charge is 0.466 e. The van der Waals surface area contributed by atoms with Crippen molar-refractivity contribution in [2.24, 2.45) is 5.92 Å². The highest BCUT2D eigenvalue weighted by Crippen LogP contribution is 2.56. The number of carbonyl (C=O) groups is 2. The summed E-state index contributed by atoms with van der Waals surface area (Å²) in [7, 11) is 0. The number of benzene rings is 1. The van der Waals surface area contributed by atoms with Crippen LogP contribution in [0.1, 0.15) is 25.8 Å². The molecule has 1 aliphatic rings. The minimum Gasteiger partial charge on any atom is -0.466 e. The van der Waals surface area contributed by atoms with Crippen LogP contribution in [0.25, 0.3) is 0 Å². The molecular weight excluding hydrogens is 280 g/mol. The van der Waals surface area contributed by atoms with Crippen molar-refractivity contribution in [1.82, 2.24) is 0 Å². The third-order valence-electron chi connectivity index (χ3n) is 3.53. The maximum Gasteiger partial charge on any atom is 0.317 e. The van der Waals surface area contributed by atoms with E-state index >= 15 is 0 Å². The van der Waals surface area contributed by atoms with Crippen LogP contribution in [-0.4, -0.2) is 25.2 Å². The molecular formula is C15H17ClO4. The molecule has 1 aromatic carbocycles. The highest BCUT2D eigenvalue weighted by molar-refractivity contribution is 6.30. The monoisotopic (exact) mass is 296 g/mol. The lowest BCUT2D eigenvalue weighted by Gasteiger charge is -2.16. The Morgan fingerprint density at radius 2 is 1.80 bits per heavy atom. The lowest BCUT2D eigenvalue weighted by molar-refractivity contribution is -0.152. The number of halogens is 1. The summed E-state index contributed by atoms with van der Waals surface area (Å²) in [5.41, 5.74) is -0.161. The molecule has 0 aromatic heterocycles. The van der Waals surface area contributed by atoms with Crippen molar-refractivity contribution in [3.05, 3.63) is 34.9 Å². The molecule has 1 aromatic rings. The van der Waals surface area contributed by atoms with Crippen LogP contribution in [0, 0.1) is 5.92 Å². The smallest absolute Gasteiger partial charge is 0.317 e. The van der Waals surface area contributed by atoms with Crippen molar-refractivity contribution < 1.29 is 19.1 Å². The average molecular weight is 297 g/mol. The van der Waals surface area contributed by atoms with Crippen molar-refractivity contribution in [3.63, 3.8) is 0 Å². The van der Waals surface area contributed by atoms with Crippen molar-refractivity contribution >= 4 is 23.5 Å². The molecule has 1 aliphatic carbocycles. The van der Waals surface area contributed by atoms with Gasteiger partial charge in [0.2, 0.25) is 0 Å². The number of carbonyl (C=O) groups excluding carboxylic acids is 2. The topological polar surface area (TPSA) is 52.6 Å². The zero-order valence-electron chi connectivity index (χ0n) is 11.5. The lowest BCUT2D eigenvalue weighted by Crippen LogP contribution is -2.28. The van der Waals surface area contributed by atoms with Crippen molar-refractivity contribution in [2.45, 2.75) is 25.7 Å². The van der Waals surface area contributed by atoms with E-state index < -0.39 is 11.3 Å². The summed E-state index contributed by atoms with van der Waals surface area (Å²) in [5.74, 6) is -1.20. The van der Waals surface area contributed by atoms with E-state index in [9.17, 15) is 9.59 Å². The zero-order chi connectivity index (χ0) is 14.8. The molecule has 0 amide bonds. The van der Waals surface area contributed by atoms with Crippen LogP contribution in [0.5, 0.6) is 0 Å². The van der Waals surface area contributed by atoms with Gasteiger partial charge in [0.1, 0.15) is 5.41 Å². The van der Waals surface area contributed by atoms with Gasteiger partial charge in [0.05, 0.1) is 19.1 Å². The molecule has 0 saturated heterocycles. The van der Waals surface area contributed by atoms with Crippen LogP contribution in [0.3, 0.4) is 0 Å². The molecule has 0 aliphatic heterocycles. The van der Waals surface area contributed by atoms with Gasteiger partial charge < -0.3 is 9.47 Å². The van der Waals surface area contributed by atoms with Gasteiger partial charge >= 0.3 is 11.9 Å². The van der Waals surface area contributed by atoms with Gasteiger partial charge in [-0.05, 0) is 38.0 Å². The first-order valence-electron chi connectivity index (χ1n) is 6.66. The van der Waals surface area contributed by atoms with Gasteiger partial charge in [-0.1, -0.05) is 23.7 Å². The molecule has 1 fully saturated rings. The molecule has 2 unspecified atom stereocenters. The fraction of sp³-hybridized carbons (Fsp3) is 0.467. The highest BCUT2D eigenvalue weighted by Gasteiger charge is 2.66. The number of hydrogen-bond acceptors (Lipinski definition) is 4. The Bertz CT molecular complexity index is 511. The maximum absolute atomic E-state index is 12.3. The summed E-state index contributed by atoms with van der Waals surface area (Å²) in [4.78, 5) is 24.2. The van der Waals surface area contributed by atoms with E-state index in [0.717, 1.165) is 5.56 Å². The van der Waals surface area contributed by atoms with Gasteiger partial charge in [-0.3, -0.25) is 9.59 Å². The van der Waals surface area contributed by atoms with E-state index in [1.54, 1.807) is 38.1 Å². The number of hydrogen-bond donors (Lipinski definition) is 0. The Balaban J connectivity index is 2.30. The van der Waals surface area contributed by atoms with Crippen molar-refractivity contribution in [3.8, 4) is 0 Å². The summed E-state index contributed by atoms with van der Waals surface area (Å²) in [5, 5.41) is 0.584. The van der Waals surface area contributed by atoms with Gasteiger partial charge in [0.15, 0.2) is 0 Å². The van der Waals surface area contributed by atoms with Gasteiger partial charge in [-0.2, -0.15) is 0 Å². The quantitative estimate of drug-likeness (QED) is 0.784. The Kier molecular flexibility index (Phi) is 4.33. The van der Waals surface area contributed by atoms with Crippen LogP contribution in [0.15, 0.2) is 24.3 Å². The predicted molar refractivity (Wildman–Crippen MR) is 74.5 cm³/mol. The molecule has 5 heteroatoms. The van der Waals surface area contributed by atoms with Crippen molar-refractivity contribution in [2.75, 3.05) is 13.2 Å². The molecule has 1 saturated carbocycles. The van der Waals surface area contributed by atoms with E-state index in [0.29, 0.717) is 18.1 Å². The molecule has 0 spiro atoms. The molecule has 0 radical (unpaired) electrons.